The van der Waals surface area contributed by atoms with E-state index in [-0.39, 0.29) is 21.2 Å². The molecule has 0 fully saturated rings. The Kier molecular flexibility index (Phi) is 3.19. The number of sulfone groups is 1. The predicted molar refractivity (Wildman–Crippen MR) is 69.4 cm³/mol. The fourth-order valence-electron chi connectivity index (χ4n) is 1.45. The highest BCUT2D eigenvalue weighted by molar-refractivity contribution is 7.91. The second-order valence-electron chi connectivity index (χ2n) is 3.68. The van der Waals surface area contributed by atoms with Gasteiger partial charge >= 0.3 is 0 Å². The van der Waals surface area contributed by atoms with Crippen molar-refractivity contribution in [1.29, 1.82) is 0 Å². The Balaban J connectivity index is 2.54. The van der Waals surface area contributed by atoms with Crippen LogP contribution in [0.3, 0.4) is 0 Å². The molecule has 0 atom stereocenters. The van der Waals surface area contributed by atoms with E-state index in [4.69, 9.17) is 17.3 Å². The highest BCUT2D eigenvalue weighted by Crippen LogP contribution is 2.27. The zero-order chi connectivity index (χ0) is 13.3. The number of nitrogen functional groups attached to an aromatic ring is 1. The van der Waals surface area contributed by atoms with Crippen molar-refractivity contribution in [3.05, 3.63) is 47.5 Å². The van der Waals surface area contributed by atoms with Gasteiger partial charge in [0.15, 0.2) is 0 Å². The van der Waals surface area contributed by atoms with Crippen molar-refractivity contribution >= 4 is 27.1 Å². The van der Waals surface area contributed by atoms with Gasteiger partial charge in [0.25, 0.3) is 0 Å². The Morgan fingerprint density at radius 3 is 2.11 bits per heavy atom. The number of aromatic hydroxyl groups is 1. The van der Waals surface area contributed by atoms with Crippen LogP contribution in [-0.2, 0) is 9.84 Å². The first-order chi connectivity index (χ1) is 8.41. The molecule has 2 rings (SSSR count). The summed E-state index contributed by atoms with van der Waals surface area (Å²) in [6.07, 6.45) is 0. The van der Waals surface area contributed by atoms with Crippen molar-refractivity contribution in [3.8, 4) is 5.75 Å². The molecular weight excluding hydrogens is 274 g/mol. The molecule has 0 aromatic heterocycles. The SMILES string of the molecule is Nc1cc(S(=O)(=O)c2ccc(Cl)cc2)ccc1O. The molecule has 3 N–H and O–H groups in total. The number of benzene rings is 2. The molecule has 0 saturated heterocycles. The van der Waals surface area contributed by atoms with Gasteiger partial charge in [0, 0.05) is 5.02 Å². The quantitative estimate of drug-likeness (QED) is 0.655. The molecule has 0 spiro atoms. The highest BCUT2D eigenvalue weighted by atomic mass is 35.5. The van der Waals surface area contributed by atoms with Crippen molar-refractivity contribution < 1.29 is 13.5 Å². The third kappa shape index (κ3) is 2.27. The van der Waals surface area contributed by atoms with Crippen molar-refractivity contribution in [1.82, 2.24) is 0 Å². The normalized spacial score (nSPS) is 11.4. The van der Waals surface area contributed by atoms with Crippen molar-refractivity contribution in [2.24, 2.45) is 0 Å². The van der Waals surface area contributed by atoms with E-state index in [1.54, 1.807) is 0 Å². The molecule has 0 heterocycles. The Labute approximate surface area is 110 Å². The van der Waals surface area contributed by atoms with Crippen LogP contribution < -0.4 is 5.73 Å². The number of rotatable bonds is 2. The third-order valence-corrected chi connectivity index (χ3v) is 4.45. The summed E-state index contributed by atoms with van der Waals surface area (Å²) in [5, 5.41) is 9.74. The van der Waals surface area contributed by atoms with Crippen LogP contribution in [0.2, 0.25) is 5.02 Å². The van der Waals surface area contributed by atoms with E-state index in [1.807, 2.05) is 0 Å². The van der Waals surface area contributed by atoms with Crippen LogP contribution in [-0.4, -0.2) is 13.5 Å². The summed E-state index contributed by atoms with van der Waals surface area (Å²) in [6.45, 7) is 0. The second kappa shape index (κ2) is 4.51. The lowest BCUT2D eigenvalue weighted by Gasteiger charge is -2.06. The van der Waals surface area contributed by atoms with E-state index in [1.165, 1.54) is 42.5 Å². The Morgan fingerprint density at radius 2 is 1.56 bits per heavy atom. The van der Waals surface area contributed by atoms with Crippen LogP contribution in [0.5, 0.6) is 5.75 Å². The van der Waals surface area contributed by atoms with E-state index < -0.39 is 9.84 Å². The summed E-state index contributed by atoms with van der Waals surface area (Å²) in [4.78, 5) is 0.150. The molecule has 2 aromatic rings. The summed E-state index contributed by atoms with van der Waals surface area (Å²) in [6, 6.07) is 9.60. The second-order valence-corrected chi connectivity index (χ2v) is 6.06. The van der Waals surface area contributed by atoms with Crippen LogP contribution in [0.25, 0.3) is 0 Å². The highest BCUT2D eigenvalue weighted by Gasteiger charge is 2.18. The first kappa shape index (κ1) is 12.7. The zero-order valence-electron chi connectivity index (χ0n) is 9.17. The fourth-order valence-corrected chi connectivity index (χ4v) is 2.87. The smallest absolute Gasteiger partial charge is 0.206 e. The third-order valence-electron chi connectivity index (χ3n) is 2.43. The van der Waals surface area contributed by atoms with Crippen LogP contribution in [0.1, 0.15) is 0 Å². The zero-order valence-corrected chi connectivity index (χ0v) is 10.7. The number of phenols is 1. The summed E-state index contributed by atoms with van der Waals surface area (Å²) in [5.74, 6) is -0.148. The molecule has 0 aliphatic heterocycles. The topological polar surface area (TPSA) is 80.4 Å². The molecule has 94 valence electrons. The Bertz CT molecular complexity index is 681. The maximum atomic E-state index is 12.2. The summed E-state index contributed by atoms with van der Waals surface area (Å²) < 4.78 is 24.5. The Hall–Kier alpha value is -1.72. The van der Waals surface area contributed by atoms with Crippen LogP contribution in [0.4, 0.5) is 5.69 Å². The molecule has 0 aliphatic carbocycles. The van der Waals surface area contributed by atoms with Gasteiger partial charge in [0.2, 0.25) is 9.84 Å². The van der Waals surface area contributed by atoms with Gasteiger partial charge in [0.05, 0.1) is 15.5 Å². The van der Waals surface area contributed by atoms with E-state index >= 15 is 0 Å². The molecule has 6 heteroatoms. The van der Waals surface area contributed by atoms with E-state index in [0.29, 0.717) is 5.02 Å². The molecule has 0 radical (unpaired) electrons. The summed E-state index contributed by atoms with van der Waals surface area (Å²) >= 11 is 5.71. The first-order valence-corrected chi connectivity index (χ1v) is 6.86. The lowest BCUT2D eigenvalue weighted by atomic mass is 10.3. The number of nitrogens with two attached hydrogens (primary N) is 1. The number of phenolic OH excluding ortho intramolecular Hbond substituents is 1. The molecular formula is C12H10ClNO3S. The van der Waals surface area contributed by atoms with Gasteiger partial charge in [-0.15, -0.1) is 0 Å². The van der Waals surface area contributed by atoms with Crippen LogP contribution >= 0.6 is 11.6 Å². The lowest BCUT2D eigenvalue weighted by Crippen LogP contribution is -2.02. The van der Waals surface area contributed by atoms with Crippen LogP contribution in [0, 0.1) is 0 Å². The maximum absolute atomic E-state index is 12.2. The van der Waals surface area contributed by atoms with Crippen LogP contribution in [0.15, 0.2) is 52.3 Å². The molecule has 18 heavy (non-hydrogen) atoms. The van der Waals surface area contributed by atoms with Gasteiger partial charge in [-0.05, 0) is 42.5 Å². The molecule has 0 bridgehead atoms. The molecule has 2 aromatic carbocycles. The minimum absolute atomic E-state index is 0.0186. The summed E-state index contributed by atoms with van der Waals surface area (Å²) in [7, 11) is -3.64. The van der Waals surface area contributed by atoms with Crippen molar-refractivity contribution in [2.45, 2.75) is 9.79 Å². The van der Waals surface area contributed by atoms with E-state index in [9.17, 15) is 13.5 Å². The number of halogens is 1. The monoisotopic (exact) mass is 283 g/mol. The molecule has 0 unspecified atom stereocenters. The molecule has 0 saturated carbocycles. The van der Waals surface area contributed by atoms with Gasteiger partial charge in [-0.2, -0.15) is 0 Å². The van der Waals surface area contributed by atoms with Gasteiger partial charge in [0.1, 0.15) is 5.75 Å². The average molecular weight is 284 g/mol. The van der Waals surface area contributed by atoms with E-state index in [2.05, 4.69) is 0 Å². The molecule has 0 aliphatic rings. The van der Waals surface area contributed by atoms with Gasteiger partial charge < -0.3 is 10.8 Å². The van der Waals surface area contributed by atoms with Crippen molar-refractivity contribution in [2.75, 3.05) is 5.73 Å². The van der Waals surface area contributed by atoms with Gasteiger partial charge in [-0.3, -0.25) is 0 Å². The number of hydrogen-bond donors (Lipinski definition) is 2. The largest absolute Gasteiger partial charge is 0.506 e. The number of anilines is 1. The first-order valence-electron chi connectivity index (χ1n) is 5.00. The molecule has 4 nitrogen and oxygen atoms in total. The predicted octanol–water partition coefficient (Wildman–Crippen LogP) is 2.46. The van der Waals surface area contributed by atoms with Gasteiger partial charge in [-0.25, -0.2) is 8.42 Å². The average Bonchev–Trinajstić information content (AvgIpc) is 2.33. The maximum Gasteiger partial charge on any atom is 0.206 e. The standard InChI is InChI=1S/C12H10ClNO3S/c13-8-1-3-9(4-2-8)18(16,17)10-5-6-12(15)11(14)7-10/h1-7,15H,14H2. The minimum atomic E-state index is -3.64. The molecule has 0 amide bonds. The van der Waals surface area contributed by atoms with Crippen molar-refractivity contribution in [3.63, 3.8) is 0 Å². The summed E-state index contributed by atoms with van der Waals surface area (Å²) in [5.41, 5.74) is 5.50. The lowest BCUT2D eigenvalue weighted by molar-refractivity contribution is 0.477. The van der Waals surface area contributed by atoms with Gasteiger partial charge in [-0.1, -0.05) is 11.6 Å². The Morgan fingerprint density at radius 1 is 1.00 bits per heavy atom. The van der Waals surface area contributed by atoms with E-state index in [0.717, 1.165) is 0 Å². The minimum Gasteiger partial charge on any atom is -0.506 e. The number of hydrogen-bond acceptors (Lipinski definition) is 4. The fraction of sp³-hybridized carbons (Fsp3) is 0.